The molecule has 0 aromatic heterocycles. The van der Waals surface area contributed by atoms with Gasteiger partial charge in [0.05, 0.1) is 0 Å². The van der Waals surface area contributed by atoms with Gasteiger partial charge in [-0.25, -0.2) is 0 Å². The molecule has 0 spiro atoms. The van der Waals surface area contributed by atoms with Crippen molar-refractivity contribution in [3.05, 3.63) is 0 Å². The van der Waals surface area contributed by atoms with Crippen molar-refractivity contribution in [3.8, 4) is 6.26 Å². The molecule has 1 aliphatic rings. The molecule has 0 bridgehead atoms. The largest absolute Gasteiger partial charge is 0.424 e. The highest BCUT2D eigenvalue weighted by Gasteiger charge is 2.16. The van der Waals surface area contributed by atoms with Crippen LogP contribution in [0.5, 0.6) is 0 Å². The Morgan fingerprint density at radius 3 is 2.82 bits per heavy atom. The number of rotatable bonds is 1. The van der Waals surface area contributed by atoms with Gasteiger partial charge in [0.25, 0.3) is 6.26 Å². The summed E-state index contributed by atoms with van der Waals surface area (Å²) >= 11 is 0. The Kier molecular flexibility index (Phi) is 3.22. The lowest BCUT2D eigenvalue weighted by molar-refractivity contribution is 0.144. The summed E-state index contributed by atoms with van der Waals surface area (Å²) in [5.74, 6) is 0.822. The summed E-state index contributed by atoms with van der Waals surface area (Å²) in [4.78, 5) is 0. The zero-order valence-corrected chi connectivity index (χ0v) is 7.05. The fourth-order valence-corrected chi connectivity index (χ4v) is 1.65. The second kappa shape index (κ2) is 4.23. The van der Waals surface area contributed by atoms with E-state index in [0.717, 1.165) is 18.8 Å². The molecule has 0 N–H and O–H groups in total. The number of nitriles is 1. The molecular weight excluding hydrogens is 138 g/mol. The minimum absolute atomic E-state index is 0.213. The van der Waals surface area contributed by atoms with Crippen molar-refractivity contribution in [2.24, 2.45) is 5.92 Å². The maximum absolute atomic E-state index is 8.30. The van der Waals surface area contributed by atoms with Crippen LogP contribution in [-0.2, 0) is 4.74 Å². The molecule has 0 aromatic rings. The van der Waals surface area contributed by atoms with Crippen molar-refractivity contribution in [1.82, 2.24) is 0 Å². The summed E-state index contributed by atoms with van der Waals surface area (Å²) in [5.41, 5.74) is 0. The van der Waals surface area contributed by atoms with Gasteiger partial charge in [-0.3, -0.25) is 0 Å². The third-order valence-electron chi connectivity index (χ3n) is 2.42. The standard InChI is InChI=1S/C9H15NO/c1-8-3-2-4-9(6-5-8)11-7-10/h8-9H,2-6H2,1H3. The van der Waals surface area contributed by atoms with Gasteiger partial charge in [-0.1, -0.05) is 13.3 Å². The van der Waals surface area contributed by atoms with Crippen LogP contribution in [0.15, 0.2) is 0 Å². The minimum Gasteiger partial charge on any atom is -0.424 e. The molecule has 1 aliphatic carbocycles. The lowest BCUT2D eigenvalue weighted by Gasteiger charge is -2.09. The van der Waals surface area contributed by atoms with E-state index in [1.54, 1.807) is 6.26 Å². The molecule has 0 amide bonds. The Balaban J connectivity index is 2.29. The Hall–Kier alpha value is -0.710. The highest BCUT2D eigenvalue weighted by atomic mass is 16.5. The third kappa shape index (κ3) is 2.80. The van der Waals surface area contributed by atoms with Gasteiger partial charge >= 0.3 is 0 Å². The molecular formula is C9H15NO. The Labute approximate surface area is 68.2 Å². The van der Waals surface area contributed by atoms with Gasteiger partial charge in [0.1, 0.15) is 6.10 Å². The van der Waals surface area contributed by atoms with E-state index < -0.39 is 0 Å². The molecule has 1 rings (SSSR count). The van der Waals surface area contributed by atoms with Crippen molar-refractivity contribution in [2.75, 3.05) is 0 Å². The monoisotopic (exact) mass is 153 g/mol. The first-order chi connectivity index (χ1) is 5.33. The van der Waals surface area contributed by atoms with Crippen molar-refractivity contribution in [3.63, 3.8) is 0 Å². The van der Waals surface area contributed by atoms with Gasteiger partial charge in [-0.15, -0.1) is 0 Å². The smallest absolute Gasteiger partial charge is 0.286 e. The predicted octanol–water partition coefficient (Wildman–Crippen LogP) is 2.45. The number of nitrogens with zero attached hydrogens (tertiary/aromatic N) is 1. The second-order valence-corrected chi connectivity index (χ2v) is 3.44. The van der Waals surface area contributed by atoms with Crippen molar-refractivity contribution in [2.45, 2.75) is 45.1 Å². The van der Waals surface area contributed by atoms with Crippen molar-refractivity contribution in [1.29, 1.82) is 5.26 Å². The van der Waals surface area contributed by atoms with Crippen molar-refractivity contribution >= 4 is 0 Å². The van der Waals surface area contributed by atoms with E-state index in [9.17, 15) is 0 Å². The van der Waals surface area contributed by atoms with E-state index in [1.165, 1.54) is 19.3 Å². The number of hydrogen-bond acceptors (Lipinski definition) is 2. The summed E-state index contributed by atoms with van der Waals surface area (Å²) in [7, 11) is 0. The van der Waals surface area contributed by atoms with Crippen LogP contribution in [0, 0.1) is 17.4 Å². The van der Waals surface area contributed by atoms with E-state index in [1.807, 2.05) is 0 Å². The van der Waals surface area contributed by atoms with Gasteiger partial charge in [0.15, 0.2) is 0 Å². The van der Waals surface area contributed by atoms with E-state index in [-0.39, 0.29) is 6.10 Å². The summed E-state index contributed by atoms with van der Waals surface area (Å²) in [5, 5.41) is 8.30. The highest BCUT2D eigenvalue weighted by Crippen LogP contribution is 2.23. The van der Waals surface area contributed by atoms with E-state index >= 15 is 0 Å². The average molecular weight is 153 g/mol. The Morgan fingerprint density at radius 1 is 1.27 bits per heavy atom. The summed E-state index contributed by atoms with van der Waals surface area (Å²) in [6, 6.07) is 0. The SMILES string of the molecule is CC1CCCC(OC#N)CC1. The maximum atomic E-state index is 8.30. The van der Waals surface area contributed by atoms with Crippen LogP contribution >= 0.6 is 0 Å². The fraction of sp³-hybridized carbons (Fsp3) is 0.889. The zero-order valence-electron chi connectivity index (χ0n) is 7.05. The van der Waals surface area contributed by atoms with Crippen LogP contribution in [0.25, 0.3) is 0 Å². The highest BCUT2D eigenvalue weighted by molar-refractivity contribution is 4.70. The molecule has 2 atom stereocenters. The molecule has 0 radical (unpaired) electrons. The molecule has 2 unspecified atom stereocenters. The predicted molar refractivity (Wildman–Crippen MR) is 42.7 cm³/mol. The van der Waals surface area contributed by atoms with Crippen LogP contribution in [0.3, 0.4) is 0 Å². The second-order valence-electron chi connectivity index (χ2n) is 3.44. The first kappa shape index (κ1) is 8.39. The molecule has 0 aromatic carbocycles. The third-order valence-corrected chi connectivity index (χ3v) is 2.42. The summed E-state index contributed by atoms with van der Waals surface area (Å²) < 4.78 is 4.92. The molecule has 0 aliphatic heterocycles. The Morgan fingerprint density at radius 2 is 2.09 bits per heavy atom. The van der Waals surface area contributed by atoms with Crippen LogP contribution < -0.4 is 0 Å². The Bertz CT molecular complexity index is 150. The van der Waals surface area contributed by atoms with Crippen LogP contribution in [0.2, 0.25) is 0 Å². The average Bonchev–Trinajstić information content (AvgIpc) is 2.17. The van der Waals surface area contributed by atoms with Crippen LogP contribution in [0.4, 0.5) is 0 Å². The lowest BCUT2D eigenvalue weighted by Crippen LogP contribution is -2.07. The molecule has 2 nitrogen and oxygen atoms in total. The fourth-order valence-electron chi connectivity index (χ4n) is 1.65. The molecule has 0 saturated heterocycles. The van der Waals surface area contributed by atoms with Gasteiger partial charge in [0.2, 0.25) is 0 Å². The molecule has 0 heterocycles. The maximum Gasteiger partial charge on any atom is 0.286 e. The van der Waals surface area contributed by atoms with Gasteiger partial charge in [-0.05, 0) is 31.6 Å². The van der Waals surface area contributed by atoms with Crippen molar-refractivity contribution < 1.29 is 4.74 Å². The quantitative estimate of drug-likeness (QED) is 0.428. The number of hydrogen-bond donors (Lipinski definition) is 0. The lowest BCUT2D eigenvalue weighted by atomic mass is 10.0. The van der Waals surface area contributed by atoms with Crippen LogP contribution in [0.1, 0.15) is 39.0 Å². The van der Waals surface area contributed by atoms with E-state index in [4.69, 9.17) is 10.00 Å². The topological polar surface area (TPSA) is 33.0 Å². The first-order valence-electron chi connectivity index (χ1n) is 4.37. The van der Waals surface area contributed by atoms with E-state index in [0.29, 0.717) is 0 Å². The minimum atomic E-state index is 0.213. The number of ether oxygens (including phenoxy) is 1. The molecule has 2 heteroatoms. The normalized spacial score (nSPS) is 32.0. The summed E-state index contributed by atoms with van der Waals surface area (Å²) in [6.45, 7) is 2.27. The molecule has 62 valence electrons. The molecule has 11 heavy (non-hydrogen) atoms. The van der Waals surface area contributed by atoms with Gasteiger partial charge < -0.3 is 4.74 Å². The van der Waals surface area contributed by atoms with Gasteiger partial charge in [-0.2, -0.15) is 5.26 Å². The summed E-state index contributed by atoms with van der Waals surface area (Å²) in [6.07, 6.45) is 7.85. The molecule has 1 fully saturated rings. The molecule has 1 saturated carbocycles. The zero-order chi connectivity index (χ0) is 8.10. The first-order valence-corrected chi connectivity index (χ1v) is 4.37. The van der Waals surface area contributed by atoms with E-state index in [2.05, 4.69) is 6.92 Å². The van der Waals surface area contributed by atoms with Crippen LogP contribution in [-0.4, -0.2) is 6.10 Å². The van der Waals surface area contributed by atoms with Gasteiger partial charge in [0, 0.05) is 0 Å².